The van der Waals surface area contributed by atoms with Crippen LogP contribution in [0.5, 0.6) is 0 Å². The number of hydrogen-bond donors (Lipinski definition) is 2. The summed E-state index contributed by atoms with van der Waals surface area (Å²) in [5, 5.41) is 8.68. The van der Waals surface area contributed by atoms with Crippen LogP contribution in [0.2, 0.25) is 0 Å². The number of carboxylic acid groups (broad SMARTS) is 1. The van der Waals surface area contributed by atoms with Gasteiger partial charge in [0.15, 0.2) is 0 Å². The summed E-state index contributed by atoms with van der Waals surface area (Å²) in [4.78, 5) is 15.4. The summed E-state index contributed by atoms with van der Waals surface area (Å²) in [6.45, 7) is 0.174. The van der Waals surface area contributed by atoms with Crippen LogP contribution in [-0.4, -0.2) is 22.6 Å². The van der Waals surface area contributed by atoms with Gasteiger partial charge in [-0.2, -0.15) is 0 Å². The highest BCUT2D eigenvalue weighted by Crippen LogP contribution is 2.11. The van der Waals surface area contributed by atoms with Gasteiger partial charge in [0, 0.05) is 17.6 Å². The van der Waals surface area contributed by atoms with Crippen molar-refractivity contribution < 1.29 is 9.90 Å². The smallest absolute Gasteiger partial charge is 0.308 e. The lowest BCUT2D eigenvalue weighted by atomic mass is 10.1. The molecule has 0 aliphatic carbocycles. The first kappa shape index (κ1) is 9.15. The summed E-state index contributed by atoms with van der Waals surface area (Å²) < 4.78 is 0. The molecule has 1 unspecified atom stereocenters. The molecular formula is C7H10N2O2S. The van der Waals surface area contributed by atoms with E-state index in [4.69, 9.17) is 10.8 Å². The molecule has 0 bridgehead atoms. The van der Waals surface area contributed by atoms with Crippen molar-refractivity contribution in [2.45, 2.75) is 6.42 Å². The van der Waals surface area contributed by atoms with E-state index in [2.05, 4.69) is 4.98 Å². The second-order valence-electron chi connectivity index (χ2n) is 2.44. The molecule has 0 radical (unpaired) electrons. The summed E-state index contributed by atoms with van der Waals surface area (Å²) in [7, 11) is 0. The number of rotatable bonds is 4. The van der Waals surface area contributed by atoms with Gasteiger partial charge in [0.2, 0.25) is 0 Å². The fourth-order valence-electron chi connectivity index (χ4n) is 0.857. The number of carbonyl (C=O) groups is 1. The first-order chi connectivity index (χ1) is 5.74. The molecule has 0 saturated carbocycles. The zero-order chi connectivity index (χ0) is 8.97. The largest absolute Gasteiger partial charge is 0.481 e. The monoisotopic (exact) mass is 186 g/mol. The summed E-state index contributed by atoms with van der Waals surface area (Å²) in [5.41, 5.74) is 6.98. The van der Waals surface area contributed by atoms with Gasteiger partial charge < -0.3 is 10.8 Å². The lowest BCUT2D eigenvalue weighted by Crippen LogP contribution is -2.24. The fraction of sp³-hybridized carbons (Fsp3) is 0.429. The van der Waals surface area contributed by atoms with E-state index in [0.717, 1.165) is 4.88 Å². The van der Waals surface area contributed by atoms with Crippen molar-refractivity contribution >= 4 is 17.3 Å². The molecule has 0 fully saturated rings. The van der Waals surface area contributed by atoms with Crippen molar-refractivity contribution in [1.29, 1.82) is 0 Å². The highest BCUT2D eigenvalue weighted by molar-refractivity contribution is 7.09. The van der Waals surface area contributed by atoms with Gasteiger partial charge in [0.1, 0.15) is 0 Å². The molecule has 0 aromatic carbocycles. The van der Waals surface area contributed by atoms with E-state index in [0.29, 0.717) is 6.42 Å². The maximum Gasteiger partial charge on any atom is 0.308 e. The van der Waals surface area contributed by atoms with Gasteiger partial charge in [-0.1, -0.05) is 0 Å². The molecule has 66 valence electrons. The standard InChI is InChI=1S/C7H10N2O2S/c8-2-5(7(10)11)1-6-3-9-4-12-6/h3-5H,1-2,8H2,(H,10,11). The average molecular weight is 186 g/mol. The maximum absolute atomic E-state index is 10.6. The topological polar surface area (TPSA) is 76.2 Å². The van der Waals surface area contributed by atoms with Gasteiger partial charge in [-0.15, -0.1) is 11.3 Å². The number of aliphatic carboxylic acids is 1. The number of aromatic nitrogens is 1. The van der Waals surface area contributed by atoms with Gasteiger partial charge in [0.25, 0.3) is 0 Å². The average Bonchev–Trinajstić information content (AvgIpc) is 2.51. The van der Waals surface area contributed by atoms with Crippen LogP contribution in [-0.2, 0) is 11.2 Å². The van der Waals surface area contributed by atoms with E-state index in [-0.39, 0.29) is 6.54 Å². The molecule has 0 spiro atoms. The number of thiazole rings is 1. The molecule has 0 aliphatic heterocycles. The normalized spacial score (nSPS) is 12.8. The van der Waals surface area contributed by atoms with Crippen LogP contribution in [0.25, 0.3) is 0 Å². The quantitative estimate of drug-likeness (QED) is 0.711. The molecule has 1 aromatic heterocycles. The zero-order valence-corrected chi connectivity index (χ0v) is 7.25. The van der Waals surface area contributed by atoms with Gasteiger partial charge in [-0.25, -0.2) is 0 Å². The lowest BCUT2D eigenvalue weighted by molar-refractivity contribution is -0.141. The summed E-state index contributed by atoms with van der Waals surface area (Å²) in [6.07, 6.45) is 2.16. The summed E-state index contributed by atoms with van der Waals surface area (Å²) >= 11 is 1.45. The third kappa shape index (κ3) is 2.28. The highest BCUT2D eigenvalue weighted by Gasteiger charge is 2.16. The molecule has 12 heavy (non-hydrogen) atoms. The van der Waals surface area contributed by atoms with Crippen molar-refractivity contribution in [3.05, 3.63) is 16.6 Å². The van der Waals surface area contributed by atoms with Crippen LogP contribution in [0.15, 0.2) is 11.7 Å². The Morgan fingerprint density at radius 3 is 3.00 bits per heavy atom. The minimum atomic E-state index is -0.842. The Morgan fingerprint density at radius 2 is 2.58 bits per heavy atom. The van der Waals surface area contributed by atoms with Crippen LogP contribution in [0.3, 0.4) is 0 Å². The van der Waals surface area contributed by atoms with Crippen LogP contribution in [0, 0.1) is 5.92 Å². The van der Waals surface area contributed by atoms with Crippen LogP contribution >= 0.6 is 11.3 Å². The van der Waals surface area contributed by atoms with E-state index in [1.807, 2.05) is 0 Å². The van der Waals surface area contributed by atoms with Crippen molar-refractivity contribution in [3.8, 4) is 0 Å². The second kappa shape index (κ2) is 4.18. The van der Waals surface area contributed by atoms with Gasteiger partial charge in [-0.05, 0) is 6.42 Å². The third-order valence-corrected chi connectivity index (χ3v) is 2.37. The second-order valence-corrected chi connectivity index (χ2v) is 3.41. The predicted octanol–water partition coefficient (Wildman–Crippen LogP) is 0.345. The molecule has 3 N–H and O–H groups in total. The highest BCUT2D eigenvalue weighted by atomic mass is 32.1. The Kier molecular flexibility index (Phi) is 3.19. The lowest BCUT2D eigenvalue weighted by Gasteiger charge is -2.06. The first-order valence-corrected chi connectivity index (χ1v) is 4.42. The van der Waals surface area contributed by atoms with E-state index >= 15 is 0 Å². The molecule has 4 nitrogen and oxygen atoms in total. The fourth-order valence-corrected chi connectivity index (χ4v) is 1.53. The Bertz CT molecular complexity index is 248. The van der Waals surface area contributed by atoms with E-state index in [1.54, 1.807) is 11.7 Å². The molecule has 1 atom stereocenters. The SMILES string of the molecule is NCC(Cc1cncs1)C(=O)O. The summed E-state index contributed by atoms with van der Waals surface area (Å²) in [5.74, 6) is -1.32. The molecule has 1 aromatic rings. The van der Waals surface area contributed by atoms with Gasteiger partial charge >= 0.3 is 5.97 Å². The number of carboxylic acids is 1. The van der Waals surface area contributed by atoms with Crippen molar-refractivity contribution in [1.82, 2.24) is 4.98 Å². The zero-order valence-electron chi connectivity index (χ0n) is 6.43. The molecule has 1 rings (SSSR count). The Labute approximate surface area is 74.0 Å². The molecule has 0 amide bonds. The van der Waals surface area contributed by atoms with E-state index in [1.165, 1.54) is 11.3 Å². The van der Waals surface area contributed by atoms with Crippen LogP contribution in [0.1, 0.15) is 4.88 Å². The van der Waals surface area contributed by atoms with Crippen LogP contribution < -0.4 is 5.73 Å². The van der Waals surface area contributed by atoms with Crippen molar-refractivity contribution in [2.24, 2.45) is 11.7 Å². The Hall–Kier alpha value is -0.940. The third-order valence-electron chi connectivity index (χ3n) is 1.56. The predicted molar refractivity (Wildman–Crippen MR) is 46.0 cm³/mol. The van der Waals surface area contributed by atoms with Crippen molar-refractivity contribution in [2.75, 3.05) is 6.54 Å². The first-order valence-electron chi connectivity index (χ1n) is 3.54. The minimum Gasteiger partial charge on any atom is -0.481 e. The molecule has 0 aliphatic rings. The van der Waals surface area contributed by atoms with E-state index < -0.39 is 11.9 Å². The number of nitrogens with zero attached hydrogens (tertiary/aromatic N) is 1. The van der Waals surface area contributed by atoms with Gasteiger partial charge in [0.05, 0.1) is 11.4 Å². The summed E-state index contributed by atoms with van der Waals surface area (Å²) in [6, 6.07) is 0. The number of nitrogens with two attached hydrogens (primary N) is 1. The number of hydrogen-bond acceptors (Lipinski definition) is 4. The minimum absolute atomic E-state index is 0.174. The molecule has 1 heterocycles. The molecule has 0 saturated heterocycles. The van der Waals surface area contributed by atoms with Crippen molar-refractivity contribution in [3.63, 3.8) is 0 Å². The maximum atomic E-state index is 10.6. The Morgan fingerprint density at radius 1 is 1.83 bits per heavy atom. The van der Waals surface area contributed by atoms with Gasteiger partial charge in [-0.3, -0.25) is 9.78 Å². The van der Waals surface area contributed by atoms with Crippen LogP contribution in [0.4, 0.5) is 0 Å². The van der Waals surface area contributed by atoms with E-state index in [9.17, 15) is 4.79 Å². The molecule has 5 heteroatoms. The Balaban J connectivity index is 2.54. The molecular weight excluding hydrogens is 176 g/mol.